The van der Waals surface area contributed by atoms with Crippen molar-refractivity contribution in [1.29, 1.82) is 0 Å². The van der Waals surface area contributed by atoms with Crippen LogP contribution in [-0.4, -0.2) is 32.2 Å². The van der Waals surface area contributed by atoms with Crippen LogP contribution in [0.4, 0.5) is 0 Å². The fraction of sp³-hybridized carbons (Fsp3) is 0.529. The monoisotopic (exact) mass is 306 g/mol. The zero-order valence-electron chi connectivity index (χ0n) is 13.9. The number of benzene rings is 1. The van der Waals surface area contributed by atoms with Gasteiger partial charge in [0.1, 0.15) is 5.75 Å². The summed E-state index contributed by atoms with van der Waals surface area (Å²) >= 11 is 0. The topological polar surface area (TPSA) is 59.9 Å². The number of rotatable bonds is 7. The molecule has 0 bridgehead atoms. The minimum atomic E-state index is -0.234. The first-order valence-corrected chi connectivity index (χ1v) is 7.69. The summed E-state index contributed by atoms with van der Waals surface area (Å²) in [6.07, 6.45) is 1.82. The van der Waals surface area contributed by atoms with Crippen molar-refractivity contribution in [2.24, 2.45) is 10.9 Å². The van der Waals surface area contributed by atoms with Crippen LogP contribution in [0.1, 0.15) is 44.0 Å². The van der Waals surface area contributed by atoms with Crippen molar-refractivity contribution in [2.75, 3.05) is 20.3 Å². The summed E-state index contributed by atoms with van der Waals surface area (Å²) < 4.78 is 10.6. The van der Waals surface area contributed by atoms with Gasteiger partial charge < -0.3 is 9.47 Å². The van der Waals surface area contributed by atoms with E-state index >= 15 is 0 Å². The van der Waals surface area contributed by atoms with Gasteiger partial charge in [-0.1, -0.05) is 20.8 Å². The molecule has 1 aromatic carbocycles. The maximum absolute atomic E-state index is 12.2. The van der Waals surface area contributed by atoms with Gasteiger partial charge in [0.25, 0.3) is 11.9 Å². The number of methoxy groups -OCH3 is 1. The van der Waals surface area contributed by atoms with Gasteiger partial charge >= 0.3 is 0 Å². The molecule has 0 aliphatic rings. The van der Waals surface area contributed by atoms with Crippen LogP contribution in [0.3, 0.4) is 0 Å². The average Bonchev–Trinajstić information content (AvgIpc) is 2.52. The predicted molar refractivity (Wildman–Crippen MR) is 88.5 cm³/mol. The number of carbonyl (C=O) groups excluding carboxylic acids is 1. The Morgan fingerprint density at radius 2 is 1.95 bits per heavy atom. The van der Waals surface area contributed by atoms with E-state index in [-0.39, 0.29) is 5.91 Å². The first-order valence-electron chi connectivity index (χ1n) is 7.69. The van der Waals surface area contributed by atoms with Gasteiger partial charge in [0.2, 0.25) is 0 Å². The number of hydrogen-bond acceptors (Lipinski definition) is 4. The minimum Gasteiger partial charge on any atom is -0.497 e. The second kappa shape index (κ2) is 9.82. The molecule has 0 radical (unpaired) electrons. The lowest BCUT2D eigenvalue weighted by molar-refractivity contribution is 0.0965. The van der Waals surface area contributed by atoms with Crippen molar-refractivity contribution in [1.82, 2.24) is 5.32 Å². The summed E-state index contributed by atoms with van der Waals surface area (Å²) in [5, 5.41) is 2.73. The summed E-state index contributed by atoms with van der Waals surface area (Å²) in [6.45, 7) is 7.45. The van der Waals surface area contributed by atoms with Gasteiger partial charge in [-0.05, 0) is 43.0 Å². The molecule has 1 amide bonds. The third-order valence-corrected chi connectivity index (χ3v) is 2.98. The Labute approximate surface area is 132 Å². The Balaban J connectivity index is 2.67. The van der Waals surface area contributed by atoms with Gasteiger partial charge in [0.15, 0.2) is 0 Å². The van der Waals surface area contributed by atoms with E-state index in [1.54, 1.807) is 31.4 Å². The Morgan fingerprint density at radius 1 is 1.27 bits per heavy atom. The smallest absolute Gasteiger partial charge is 0.291 e. The number of hydrogen-bond donors (Lipinski definition) is 1. The molecule has 0 saturated heterocycles. The van der Waals surface area contributed by atoms with Gasteiger partial charge in [0.05, 0.1) is 13.7 Å². The van der Waals surface area contributed by atoms with E-state index in [1.165, 1.54) is 0 Å². The molecule has 0 saturated carbocycles. The molecule has 0 spiro atoms. The van der Waals surface area contributed by atoms with Crippen LogP contribution < -0.4 is 10.1 Å². The Hall–Kier alpha value is -2.04. The van der Waals surface area contributed by atoms with E-state index in [4.69, 9.17) is 9.47 Å². The van der Waals surface area contributed by atoms with E-state index in [0.29, 0.717) is 36.4 Å². The predicted octanol–water partition coefficient (Wildman–Crippen LogP) is 3.25. The summed E-state index contributed by atoms with van der Waals surface area (Å²) in [7, 11) is 1.59. The zero-order valence-corrected chi connectivity index (χ0v) is 13.9. The van der Waals surface area contributed by atoms with Crippen molar-refractivity contribution >= 4 is 11.9 Å². The van der Waals surface area contributed by atoms with E-state index in [9.17, 15) is 4.79 Å². The van der Waals surface area contributed by atoms with Crippen LogP contribution in [0.5, 0.6) is 5.75 Å². The molecular formula is C17H26N2O3. The van der Waals surface area contributed by atoms with Crippen molar-refractivity contribution < 1.29 is 14.3 Å². The fourth-order valence-corrected chi connectivity index (χ4v) is 1.66. The maximum atomic E-state index is 12.2. The molecule has 0 aliphatic carbocycles. The SMILES string of the molecule is CCCOC(=NCCC(C)C)NC(=O)c1ccc(OC)cc1. The molecule has 0 aromatic heterocycles. The van der Waals surface area contributed by atoms with Crippen LogP contribution in [0.15, 0.2) is 29.3 Å². The largest absolute Gasteiger partial charge is 0.497 e. The number of ether oxygens (including phenoxy) is 2. The Kier molecular flexibility index (Phi) is 8.04. The molecule has 1 rings (SSSR count). The standard InChI is InChI=1S/C17H26N2O3/c1-5-12-22-17(18-11-10-13(2)3)19-16(20)14-6-8-15(21-4)9-7-14/h6-9,13H,5,10-12H2,1-4H3,(H,18,19,20). The van der Waals surface area contributed by atoms with Gasteiger partial charge in [-0.3, -0.25) is 10.1 Å². The molecule has 22 heavy (non-hydrogen) atoms. The molecule has 0 unspecified atom stereocenters. The lowest BCUT2D eigenvalue weighted by Gasteiger charge is -2.11. The zero-order chi connectivity index (χ0) is 16.4. The van der Waals surface area contributed by atoms with Crippen molar-refractivity contribution in [3.05, 3.63) is 29.8 Å². The van der Waals surface area contributed by atoms with Crippen LogP contribution in [0.25, 0.3) is 0 Å². The van der Waals surface area contributed by atoms with E-state index in [0.717, 1.165) is 12.8 Å². The van der Waals surface area contributed by atoms with E-state index in [1.807, 2.05) is 6.92 Å². The molecule has 5 nitrogen and oxygen atoms in total. The maximum Gasteiger partial charge on any atom is 0.291 e. The number of nitrogens with one attached hydrogen (secondary N) is 1. The quantitative estimate of drug-likeness (QED) is 0.621. The van der Waals surface area contributed by atoms with Crippen LogP contribution >= 0.6 is 0 Å². The van der Waals surface area contributed by atoms with Crippen molar-refractivity contribution in [3.63, 3.8) is 0 Å². The van der Waals surface area contributed by atoms with E-state index in [2.05, 4.69) is 24.2 Å². The summed E-state index contributed by atoms with van der Waals surface area (Å²) in [5.41, 5.74) is 0.539. The van der Waals surface area contributed by atoms with Crippen molar-refractivity contribution in [2.45, 2.75) is 33.6 Å². The van der Waals surface area contributed by atoms with Crippen LogP contribution in [0, 0.1) is 5.92 Å². The molecule has 122 valence electrons. The molecule has 1 N–H and O–H groups in total. The summed E-state index contributed by atoms with van der Waals surface area (Å²) in [5.74, 6) is 1.04. The van der Waals surface area contributed by atoms with Crippen LogP contribution in [0.2, 0.25) is 0 Å². The lowest BCUT2D eigenvalue weighted by atomic mass is 10.1. The third-order valence-electron chi connectivity index (χ3n) is 2.98. The van der Waals surface area contributed by atoms with Gasteiger partial charge in [-0.2, -0.15) is 0 Å². The van der Waals surface area contributed by atoms with E-state index < -0.39 is 0 Å². The molecule has 0 heterocycles. The lowest BCUT2D eigenvalue weighted by Crippen LogP contribution is -2.33. The fourth-order valence-electron chi connectivity index (χ4n) is 1.66. The van der Waals surface area contributed by atoms with Gasteiger partial charge in [-0.15, -0.1) is 0 Å². The highest BCUT2D eigenvalue weighted by Gasteiger charge is 2.10. The van der Waals surface area contributed by atoms with Gasteiger partial charge in [-0.25, -0.2) is 4.99 Å². The number of amidine groups is 1. The molecule has 0 atom stereocenters. The number of amides is 1. The number of nitrogens with zero attached hydrogens (tertiary/aromatic N) is 1. The average molecular weight is 306 g/mol. The third kappa shape index (κ3) is 6.61. The highest BCUT2D eigenvalue weighted by Crippen LogP contribution is 2.11. The highest BCUT2D eigenvalue weighted by molar-refractivity contribution is 6.04. The highest BCUT2D eigenvalue weighted by atomic mass is 16.5. The summed E-state index contributed by atoms with van der Waals surface area (Å²) in [6, 6.07) is 7.21. The summed E-state index contributed by atoms with van der Waals surface area (Å²) in [4.78, 5) is 16.5. The molecule has 0 fully saturated rings. The molecule has 0 aliphatic heterocycles. The minimum absolute atomic E-state index is 0.234. The first kappa shape index (κ1) is 18.0. The normalized spacial score (nSPS) is 11.4. The second-order valence-corrected chi connectivity index (χ2v) is 5.40. The van der Waals surface area contributed by atoms with Gasteiger partial charge in [0, 0.05) is 12.1 Å². The first-order chi connectivity index (χ1) is 10.6. The molecule has 5 heteroatoms. The number of carbonyl (C=O) groups is 1. The Bertz CT molecular complexity index is 481. The second-order valence-electron chi connectivity index (χ2n) is 5.40. The Morgan fingerprint density at radius 3 is 2.50 bits per heavy atom. The van der Waals surface area contributed by atoms with Crippen molar-refractivity contribution in [3.8, 4) is 5.75 Å². The molecule has 1 aromatic rings. The van der Waals surface area contributed by atoms with Crippen LogP contribution in [-0.2, 0) is 4.74 Å². The molecular weight excluding hydrogens is 280 g/mol. The number of aliphatic imine (C=N–C) groups is 1.